The molecule has 15 heavy (non-hydrogen) atoms. The topological polar surface area (TPSA) is 37.3 Å². The van der Waals surface area contributed by atoms with E-state index in [4.69, 9.17) is 5.11 Å². The monoisotopic (exact) mass is 204 g/mol. The van der Waals surface area contributed by atoms with Gasteiger partial charge in [-0.05, 0) is 29.7 Å². The van der Waals surface area contributed by atoms with Crippen LogP contribution in [0.5, 0.6) is 0 Å². The highest BCUT2D eigenvalue weighted by Gasteiger charge is 2.49. The lowest BCUT2D eigenvalue weighted by atomic mass is 9.82. The number of carboxylic acid groups (broad SMARTS) is 1. The lowest BCUT2D eigenvalue weighted by molar-refractivity contribution is -0.138. The SMILES string of the molecule is CC(c1ccccc1)C1(CC(=O)O)CC1. The second-order valence-electron chi connectivity index (χ2n) is 4.57. The van der Waals surface area contributed by atoms with Crippen LogP contribution in [-0.2, 0) is 4.79 Å². The van der Waals surface area contributed by atoms with Crippen molar-refractivity contribution in [2.24, 2.45) is 5.41 Å². The maximum atomic E-state index is 10.8. The first kappa shape index (κ1) is 10.2. The second-order valence-corrected chi connectivity index (χ2v) is 4.57. The molecule has 80 valence electrons. The summed E-state index contributed by atoms with van der Waals surface area (Å²) < 4.78 is 0. The van der Waals surface area contributed by atoms with E-state index in [-0.39, 0.29) is 5.41 Å². The quantitative estimate of drug-likeness (QED) is 0.818. The van der Waals surface area contributed by atoms with Gasteiger partial charge < -0.3 is 5.11 Å². The minimum atomic E-state index is -0.671. The zero-order valence-corrected chi connectivity index (χ0v) is 8.94. The molecule has 2 rings (SSSR count). The third kappa shape index (κ3) is 2.04. The van der Waals surface area contributed by atoms with Crippen molar-refractivity contribution in [3.63, 3.8) is 0 Å². The van der Waals surface area contributed by atoms with Crippen LogP contribution >= 0.6 is 0 Å². The number of carboxylic acids is 1. The third-order valence-corrected chi connectivity index (χ3v) is 3.61. The Kier molecular flexibility index (Phi) is 2.51. The molecule has 1 unspecified atom stereocenters. The fourth-order valence-corrected chi connectivity index (χ4v) is 2.32. The van der Waals surface area contributed by atoms with Crippen molar-refractivity contribution in [3.8, 4) is 0 Å². The Bertz CT molecular complexity index is 352. The molecule has 0 aromatic heterocycles. The molecule has 1 aromatic rings. The Morgan fingerprint density at radius 2 is 2.00 bits per heavy atom. The molecular weight excluding hydrogens is 188 g/mol. The molecule has 2 nitrogen and oxygen atoms in total. The summed E-state index contributed by atoms with van der Waals surface area (Å²) >= 11 is 0. The standard InChI is InChI=1S/C13H16O2/c1-10(11-5-3-2-4-6-11)13(7-8-13)9-12(14)15/h2-6,10H,7-9H2,1H3,(H,14,15). The number of hydrogen-bond donors (Lipinski definition) is 1. The van der Waals surface area contributed by atoms with Crippen LogP contribution in [0.1, 0.15) is 37.7 Å². The van der Waals surface area contributed by atoms with E-state index in [9.17, 15) is 4.79 Å². The highest BCUT2D eigenvalue weighted by molar-refractivity contribution is 5.68. The molecule has 0 aliphatic heterocycles. The summed E-state index contributed by atoms with van der Waals surface area (Å²) in [5.41, 5.74) is 1.30. The molecule has 1 N–H and O–H groups in total. The van der Waals surface area contributed by atoms with Crippen LogP contribution in [0.2, 0.25) is 0 Å². The van der Waals surface area contributed by atoms with Gasteiger partial charge in [0.05, 0.1) is 6.42 Å². The van der Waals surface area contributed by atoms with Gasteiger partial charge in [-0.25, -0.2) is 0 Å². The Morgan fingerprint density at radius 3 is 2.47 bits per heavy atom. The first-order valence-electron chi connectivity index (χ1n) is 5.41. The van der Waals surface area contributed by atoms with Crippen LogP contribution in [0.25, 0.3) is 0 Å². The number of benzene rings is 1. The van der Waals surface area contributed by atoms with Crippen molar-refractivity contribution in [1.29, 1.82) is 0 Å². The lowest BCUT2D eigenvalue weighted by Gasteiger charge is -2.21. The van der Waals surface area contributed by atoms with Gasteiger partial charge >= 0.3 is 5.97 Å². The van der Waals surface area contributed by atoms with Gasteiger partial charge in [0.25, 0.3) is 0 Å². The second kappa shape index (κ2) is 3.69. The van der Waals surface area contributed by atoms with E-state index in [0.717, 1.165) is 12.8 Å². The highest BCUT2D eigenvalue weighted by atomic mass is 16.4. The predicted octanol–water partition coefficient (Wildman–Crippen LogP) is 3.05. The summed E-state index contributed by atoms with van der Waals surface area (Å²) in [6.07, 6.45) is 2.41. The Labute approximate surface area is 89.9 Å². The van der Waals surface area contributed by atoms with Crippen molar-refractivity contribution in [2.45, 2.75) is 32.1 Å². The Hall–Kier alpha value is -1.31. The van der Waals surface area contributed by atoms with E-state index in [0.29, 0.717) is 12.3 Å². The molecule has 0 spiro atoms. The van der Waals surface area contributed by atoms with Crippen LogP contribution in [0.3, 0.4) is 0 Å². The van der Waals surface area contributed by atoms with E-state index in [1.807, 2.05) is 18.2 Å². The zero-order valence-electron chi connectivity index (χ0n) is 8.94. The number of rotatable bonds is 4. The highest BCUT2D eigenvalue weighted by Crippen LogP contribution is 2.58. The van der Waals surface area contributed by atoms with Gasteiger partial charge in [-0.3, -0.25) is 4.79 Å². The van der Waals surface area contributed by atoms with Gasteiger partial charge in [0.2, 0.25) is 0 Å². The van der Waals surface area contributed by atoms with Gasteiger partial charge in [-0.2, -0.15) is 0 Å². The van der Waals surface area contributed by atoms with Gasteiger partial charge in [0.1, 0.15) is 0 Å². The Balaban J connectivity index is 2.14. The summed E-state index contributed by atoms with van der Waals surface area (Å²) in [5.74, 6) is -0.315. The molecule has 0 saturated heterocycles. The molecule has 2 heteroatoms. The molecule has 1 aromatic carbocycles. The molecule has 0 bridgehead atoms. The smallest absolute Gasteiger partial charge is 0.303 e. The minimum Gasteiger partial charge on any atom is -0.481 e. The number of carbonyl (C=O) groups is 1. The van der Waals surface area contributed by atoms with Gasteiger partial charge in [0, 0.05) is 0 Å². The van der Waals surface area contributed by atoms with Crippen molar-refractivity contribution in [1.82, 2.24) is 0 Å². The fourth-order valence-electron chi connectivity index (χ4n) is 2.32. The largest absolute Gasteiger partial charge is 0.481 e. The average Bonchev–Trinajstić information content (AvgIpc) is 2.98. The van der Waals surface area contributed by atoms with Gasteiger partial charge in [-0.1, -0.05) is 37.3 Å². The zero-order chi connectivity index (χ0) is 10.9. The maximum Gasteiger partial charge on any atom is 0.303 e. The summed E-state index contributed by atoms with van der Waals surface area (Å²) in [7, 11) is 0. The summed E-state index contributed by atoms with van der Waals surface area (Å²) in [5, 5.41) is 8.88. The van der Waals surface area contributed by atoms with Crippen LogP contribution < -0.4 is 0 Å². The maximum absolute atomic E-state index is 10.8. The molecule has 1 fully saturated rings. The normalized spacial score (nSPS) is 19.5. The Morgan fingerprint density at radius 1 is 1.40 bits per heavy atom. The molecule has 1 aliphatic carbocycles. The minimum absolute atomic E-state index is 0.0349. The predicted molar refractivity (Wildman–Crippen MR) is 58.8 cm³/mol. The number of hydrogen-bond acceptors (Lipinski definition) is 1. The molecule has 0 radical (unpaired) electrons. The van der Waals surface area contributed by atoms with Crippen LogP contribution in [0.4, 0.5) is 0 Å². The summed E-state index contributed by atoms with van der Waals surface area (Å²) in [4.78, 5) is 10.8. The molecular formula is C13H16O2. The average molecular weight is 204 g/mol. The number of aliphatic carboxylic acids is 1. The van der Waals surface area contributed by atoms with E-state index >= 15 is 0 Å². The van der Waals surface area contributed by atoms with E-state index in [1.165, 1.54) is 5.56 Å². The third-order valence-electron chi connectivity index (χ3n) is 3.61. The van der Waals surface area contributed by atoms with Crippen molar-refractivity contribution in [3.05, 3.63) is 35.9 Å². The van der Waals surface area contributed by atoms with E-state index in [2.05, 4.69) is 19.1 Å². The summed E-state index contributed by atoms with van der Waals surface area (Å²) in [6, 6.07) is 10.2. The lowest BCUT2D eigenvalue weighted by Crippen LogP contribution is -2.15. The molecule has 1 saturated carbocycles. The van der Waals surface area contributed by atoms with E-state index < -0.39 is 5.97 Å². The van der Waals surface area contributed by atoms with Crippen molar-refractivity contribution in [2.75, 3.05) is 0 Å². The molecule has 0 amide bonds. The fraction of sp³-hybridized carbons (Fsp3) is 0.462. The van der Waals surface area contributed by atoms with Gasteiger partial charge in [0.15, 0.2) is 0 Å². The van der Waals surface area contributed by atoms with E-state index in [1.54, 1.807) is 0 Å². The van der Waals surface area contributed by atoms with Crippen LogP contribution in [0, 0.1) is 5.41 Å². The van der Waals surface area contributed by atoms with Crippen molar-refractivity contribution >= 4 is 5.97 Å². The van der Waals surface area contributed by atoms with Crippen LogP contribution in [-0.4, -0.2) is 11.1 Å². The molecule has 1 aliphatic rings. The molecule has 1 atom stereocenters. The molecule has 0 heterocycles. The first-order chi connectivity index (χ1) is 7.14. The van der Waals surface area contributed by atoms with Crippen LogP contribution in [0.15, 0.2) is 30.3 Å². The summed E-state index contributed by atoms with van der Waals surface area (Å²) in [6.45, 7) is 2.14. The van der Waals surface area contributed by atoms with Crippen molar-refractivity contribution < 1.29 is 9.90 Å². The first-order valence-corrected chi connectivity index (χ1v) is 5.41. The van der Waals surface area contributed by atoms with Gasteiger partial charge in [-0.15, -0.1) is 0 Å².